The molecular formula is C21H28N4O4S2. The lowest BCUT2D eigenvalue weighted by atomic mass is 9.94. The Kier molecular flexibility index (Phi) is 7.79. The summed E-state index contributed by atoms with van der Waals surface area (Å²) in [7, 11) is -3.56. The molecule has 1 aliphatic rings. The maximum atomic E-state index is 12.9. The van der Waals surface area contributed by atoms with E-state index in [0.717, 1.165) is 6.42 Å². The number of carbonyl (C=O) groups is 2. The van der Waals surface area contributed by atoms with Crippen molar-refractivity contribution in [3.63, 3.8) is 0 Å². The quantitative estimate of drug-likeness (QED) is 0.624. The number of piperidine rings is 1. The van der Waals surface area contributed by atoms with Crippen molar-refractivity contribution in [2.24, 2.45) is 11.8 Å². The molecule has 31 heavy (non-hydrogen) atoms. The van der Waals surface area contributed by atoms with E-state index in [2.05, 4.69) is 15.6 Å². The minimum Gasteiger partial charge on any atom is -0.344 e. The third-order valence-electron chi connectivity index (χ3n) is 5.66. The molecular weight excluding hydrogens is 436 g/mol. The Balaban J connectivity index is 1.60. The first-order valence-electron chi connectivity index (χ1n) is 10.4. The van der Waals surface area contributed by atoms with E-state index < -0.39 is 16.1 Å². The second-order valence-corrected chi connectivity index (χ2v) is 10.5. The fraction of sp³-hybridized carbons (Fsp3) is 0.476. The molecule has 2 aromatic rings. The molecule has 10 heteroatoms. The molecule has 0 saturated carbocycles. The number of hydrogen-bond donors (Lipinski definition) is 2. The number of carbonyl (C=O) groups excluding carboxylic acids is 2. The zero-order valence-electron chi connectivity index (χ0n) is 17.7. The number of hydrogen-bond acceptors (Lipinski definition) is 6. The molecule has 1 aromatic heterocycles. The van der Waals surface area contributed by atoms with Crippen molar-refractivity contribution in [3.8, 4) is 0 Å². The number of nitrogens with one attached hydrogen (secondary N) is 2. The van der Waals surface area contributed by atoms with Gasteiger partial charge in [-0.15, -0.1) is 11.3 Å². The minimum absolute atomic E-state index is 0.0533. The molecule has 1 saturated heterocycles. The highest BCUT2D eigenvalue weighted by atomic mass is 32.2. The third-order valence-corrected chi connectivity index (χ3v) is 8.26. The van der Waals surface area contributed by atoms with E-state index >= 15 is 0 Å². The van der Waals surface area contributed by atoms with Crippen LogP contribution in [-0.4, -0.2) is 48.7 Å². The highest BCUT2D eigenvalue weighted by Crippen LogP contribution is 2.24. The average molecular weight is 465 g/mol. The van der Waals surface area contributed by atoms with Gasteiger partial charge in [-0.3, -0.25) is 9.59 Å². The summed E-state index contributed by atoms with van der Waals surface area (Å²) in [5, 5.41) is 7.91. The number of anilines is 1. The van der Waals surface area contributed by atoms with E-state index in [1.165, 1.54) is 15.6 Å². The van der Waals surface area contributed by atoms with Gasteiger partial charge in [0.25, 0.3) is 0 Å². The van der Waals surface area contributed by atoms with Crippen LogP contribution in [-0.2, 0) is 19.6 Å². The van der Waals surface area contributed by atoms with Crippen LogP contribution in [0.5, 0.6) is 0 Å². The Bertz CT molecular complexity index is 972. The predicted molar refractivity (Wildman–Crippen MR) is 120 cm³/mol. The summed E-state index contributed by atoms with van der Waals surface area (Å²) in [4.78, 5) is 29.9. The molecule has 0 radical (unpaired) electrons. The summed E-state index contributed by atoms with van der Waals surface area (Å²) < 4.78 is 27.0. The maximum absolute atomic E-state index is 12.9. The minimum atomic E-state index is -3.56. The zero-order valence-corrected chi connectivity index (χ0v) is 19.3. The highest BCUT2D eigenvalue weighted by Gasteiger charge is 2.34. The second kappa shape index (κ2) is 10.3. The number of aromatic nitrogens is 1. The Morgan fingerprint density at radius 1 is 1.23 bits per heavy atom. The Morgan fingerprint density at radius 2 is 1.90 bits per heavy atom. The highest BCUT2D eigenvalue weighted by molar-refractivity contribution is 7.89. The normalized spacial score (nSPS) is 17.6. The van der Waals surface area contributed by atoms with Gasteiger partial charge < -0.3 is 10.6 Å². The van der Waals surface area contributed by atoms with E-state index in [1.807, 2.05) is 13.8 Å². The van der Waals surface area contributed by atoms with Crippen LogP contribution in [0, 0.1) is 11.8 Å². The summed E-state index contributed by atoms with van der Waals surface area (Å²) in [5.41, 5.74) is 0. The lowest BCUT2D eigenvalue weighted by Crippen LogP contribution is -2.51. The predicted octanol–water partition coefficient (Wildman–Crippen LogP) is 2.71. The van der Waals surface area contributed by atoms with Gasteiger partial charge in [-0.1, -0.05) is 38.5 Å². The fourth-order valence-corrected chi connectivity index (χ4v) is 5.56. The molecule has 8 nitrogen and oxygen atoms in total. The van der Waals surface area contributed by atoms with Crippen molar-refractivity contribution >= 4 is 38.3 Å². The summed E-state index contributed by atoms with van der Waals surface area (Å²) in [6.07, 6.45) is 3.16. The number of rotatable bonds is 8. The topological polar surface area (TPSA) is 108 Å². The molecule has 2 N–H and O–H groups in total. The van der Waals surface area contributed by atoms with Gasteiger partial charge in [-0.2, -0.15) is 4.31 Å². The van der Waals surface area contributed by atoms with Crippen LogP contribution >= 0.6 is 11.3 Å². The standard InChI is InChI=1S/C21H28N4O4S2/c1-3-15(2)18(20(27)24-21-22-11-14-30-21)23-19(26)16-9-12-25(13-10-16)31(28,29)17-7-5-4-6-8-17/h4-8,11,14-16,18H,3,9-10,12-13H2,1-2H3,(H,23,26)(H,22,24,27)/t15-,18-/m0/s1. The molecule has 2 amide bonds. The summed E-state index contributed by atoms with van der Waals surface area (Å²) in [6, 6.07) is 7.64. The second-order valence-electron chi connectivity index (χ2n) is 7.69. The van der Waals surface area contributed by atoms with Crippen LogP contribution in [0.25, 0.3) is 0 Å². The van der Waals surface area contributed by atoms with Crippen molar-refractivity contribution in [2.75, 3.05) is 18.4 Å². The summed E-state index contributed by atoms with van der Waals surface area (Å²) in [5.74, 6) is -0.887. The average Bonchev–Trinajstić information content (AvgIpc) is 3.30. The first-order chi connectivity index (χ1) is 14.8. The zero-order chi connectivity index (χ0) is 22.4. The van der Waals surface area contributed by atoms with Crippen LogP contribution in [0.3, 0.4) is 0 Å². The number of benzene rings is 1. The SMILES string of the molecule is CC[C@H](C)[C@H](NC(=O)C1CCN(S(=O)(=O)c2ccccc2)CC1)C(=O)Nc1nccs1. The summed E-state index contributed by atoms with van der Waals surface area (Å²) in [6.45, 7) is 4.43. The van der Waals surface area contributed by atoms with Crippen LogP contribution < -0.4 is 10.6 Å². The molecule has 1 aliphatic heterocycles. The summed E-state index contributed by atoms with van der Waals surface area (Å²) >= 11 is 1.32. The van der Waals surface area contributed by atoms with E-state index in [4.69, 9.17) is 0 Å². The van der Waals surface area contributed by atoms with Crippen LogP contribution in [0.4, 0.5) is 5.13 Å². The van der Waals surface area contributed by atoms with Crippen molar-refractivity contribution in [3.05, 3.63) is 41.9 Å². The molecule has 0 bridgehead atoms. The molecule has 2 heterocycles. The van der Waals surface area contributed by atoms with E-state index in [9.17, 15) is 18.0 Å². The van der Waals surface area contributed by atoms with Gasteiger partial charge in [0, 0.05) is 30.6 Å². The van der Waals surface area contributed by atoms with Gasteiger partial charge in [-0.05, 0) is 30.9 Å². The van der Waals surface area contributed by atoms with Crippen LogP contribution in [0.1, 0.15) is 33.1 Å². The van der Waals surface area contributed by atoms with Gasteiger partial charge in [0.05, 0.1) is 4.90 Å². The molecule has 2 atom stereocenters. The first kappa shape index (κ1) is 23.4. The monoisotopic (exact) mass is 464 g/mol. The maximum Gasteiger partial charge on any atom is 0.249 e. The van der Waals surface area contributed by atoms with Gasteiger partial charge >= 0.3 is 0 Å². The van der Waals surface area contributed by atoms with E-state index in [0.29, 0.717) is 18.0 Å². The molecule has 1 fully saturated rings. The number of nitrogens with zero attached hydrogens (tertiary/aromatic N) is 2. The van der Waals surface area contributed by atoms with Crippen molar-refractivity contribution in [2.45, 2.75) is 44.0 Å². The van der Waals surface area contributed by atoms with Crippen LogP contribution in [0.2, 0.25) is 0 Å². The molecule has 3 rings (SSSR count). The smallest absolute Gasteiger partial charge is 0.249 e. The lowest BCUT2D eigenvalue weighted by Gasteiger charge is -2.32. The Morgan fingerprint density at radius 3 is 2.48 bits per heavy atom. The Labute approximate surface area is 187 Å². The van der Waals surface area contributed by atoms with Gasteiger partial charge in [0.1, 0.15) is 6.04 Å². The number of amides is 2. The van der Waals surface area contributed by atoms with E-state index in [-0.39, 0.29) is 41.6 Å². The van der Waals surface area contributed by atoms with Crippen LogP contribution in [0.15, 0.2) is 46.8 Å². The van der Waals surface area contributed by atoms with Crippen molar-refractivity contribution in [1.82, 2.24) is 14.6 Å². The third kappa shape index (κ3) is 5.69. The van der Waals surface area contributed by atoms with Gasteiger partial charge in [0.2, 0.25) is 21.8 Å². The first-order valence-corrected chi connectivity index (χ1v) is 12.7. The number of sulfonamides is 1. The molecule has 1 aromatic carbocycles. The van der Waals surface area contributed by atoms with Gasteiger partial charge in [0.15, 0.2) is 5.13 Å². The Hall–Kier alpha value is -2.30. The van der Waals surface area contributed by atoms with Crippen molar-refractivity contribution in [1.29, 1.82) is 0 Å². The van der Waals surface area contributed by atoms with Crippen molar-refractivity contribution < 1.29 is 18.0 Å². The largest absolute Gasteiger partial charge is 0.344 e. The molecule has 168 valence electrons. The fourth-order valence-electron chi connectivity index (χ4n) is 3.54. The van der Waals surface area contributed by atoms with E-state index in [1.54, 1.807) is 41.9 Å². The molecule has 0 unspecified atom stereocenters. The lowest BCUT2D eigenvalue weighted by molar-refractivity contribution is -0.131. The number of thiazole rings is 1. The molecule has 0 aliphatic carbocycles. The van der Waals surface area contributed by atoms with Gasteiger partial charge in [-0.25, -0.2) is 13.4 Å². The molecule has 0 spiro atoms.